The van der Waals surface area contributed by atoms with Gasteiger partial charge in [-0.2, -0.15) is 0 Å². The molecule has 4 heteroatoms. The molecule has 0 saturated carbocycles. The van der Waals surface area contributed by atoms with Crippen molar-refractivity contribution in [2.75, 3.05) is 5.73 Å². The first-order valence-electron chi connectivity index (χ1n) is 6.55. The number of nitrogen functional groups attached to an aromatic ring is 1. The minimum atomic E-state index is -0.135. The summed E-state index contributed by atoms with van der Waals surface area (Å²) >= 11 is 0. The average Bonchev–Trinajstić information content (AvgIpc) is 2.53. The van der Waals surface area contributed by atoms with Crippen LogP contribution in [0.25, 0.3) is 5.69 Å². The molecule has 2 rings (SSSR count). The lowest BCUT2D eigenvalue weighted by Gasteiger charge is -2.11. The zero-order chi connectivity index (χ0) is 14.2. The molecule has 0 amide bonds. The van der Waals surface area contributed by atoms with Crippen LogP contribution in [0.2, 0.25) is 0 Å². The van der Waals surface area contributed by atoms with Crippen LogP contribution in [-0.2, 0) is 13.5 Å². The van der Waals surface area contributed by atoms with Gasteiger partial charge in [0.15, 0.2) is 0 Å². The van der Waals surface area contributed by atoms with Gasteiger partial charge in [0.2, 0.25) is 0 Å². The van der Waals surface area contributed by atoms with Gasteiger partial charge in [-0.1, -0.05) is 26.0 Å². The Morgan fingerprint density at radius 1 is 1.32 bits per heavy atom. The molecule has 1 aromatic carbocycles. The molecular formula is C15H21N3O. The molecule has 19 heavy (non-hydrogen) atoms. The number of hydrogen-bond acceptors (Lipinski definition) is 2. The van der Waals surface area contributed by atoms with Crippen LogP contribution in [0, 0.1) is 12.8 Å². The lowest BCUT2D eigenvalue weighted by atomic mass is 10.1. The second kappa shape index (κ2) is 4.96. The summed E-state index contributed by atoms with van der Waals surface area (Å²) in [5, 5.41) is 0. The molecule has 0 aliphatic heterocycles. The Morgan fingerprint density at radius 2 is 2.00 bits per heavy atom. The predicted octanol–water partition coefficient (Wildman–Crippen LogP) is 2.27. The van der Waals surface area contributed by atoms with Crippen LogP contribution in [0.3, 0.4) is 0 Å². The monoisotopic (exact) mass is 259 g/mol. The van der Waals surface area contributed by atoms with Gasteiger partial charge in [0.1, 0.15) is 5.69 Å². The second-order valence-electron chi connectivity index (χ2n) is 5.44. The fourth-order valence-corrected chi connectivity index (χ4v) is 2.35. The maximum absolute atomic E-state index is 12.3. The number of nitrogens with two attached hydrogens (primary N) is 1. The Balaban J connectivity index is 2.62. The molecule has 0 aliphatic carbocycles. The third-order valence-electron chi connectivity index (χ3n) is 3.27. The van der Waals surface area contributed by atoms with E-state index in [9.17, 15) is 4.79 Å². The van der Waals surface area contributed by atoms with E-state index in [1.54, 1.807) is 4.68 Å². The van der Waals surface area contributed by atoms with E-state index < -0.39 is 0 Å². The SMILES string of the molecule is Cc1cccc(-n2c(=O)c(N)c(CC(C)C)n2C)c1. The summed E-state index contributed by atoms with van der Waals surface area (Å²) < 4.78 is 3.51. The number of benzene rings is 1. The molecule has 0 fully saturated rings. The van der Waals surface area contributed by atoms with Crippen LogP contribution in [0.15, 0.2) is 29.1 Å². The maximum atomic E-state index is 12.3. The fourth-order valence-electron chi connectivity index (χ4n) is 2.35. The molecule has 0 spiro atoms. The normalized spacial score (nSPS) is 11.2. The lowest BCUT2D eigenvalue weighted by Crippen LogP contribution is -2.20. The van der Waals surface area contributed by atoms with Crippen LogP contribution in [0.5, 0.6) is 0 Å². The van der Waals surface area contributed by atoms with Crippen molar-refractivity contribution < 1.29 is 0 Å². The largest absolute Gasteiger partial charge is 0.393 e. The standard InChI is InChI=1S/C15H21N3O/c1-10(2)8-13-14(16)15(19)18(17(13)4)12-7-5-6-11(3)9-12/h5-7,9-10H,8,16H2,1-4H3. The number of nitrogens with zero attached hydrogens (tertiary/aromatic N) is 2. The van der Waals surface area contributed by atoms with E-state index in [0.29, 0.717) is 11.6 Å². The summed E-state index contributed by atoms with van der Waals surface area (Å²) in [5.74, 6) is 0.459. The third-order valence-corrected chi connectivity index (χ3v) is 3.27. The van der Waals surface area contributed by atoms with Gasteiger partial charge in [-0.25, -0.2) is 4.68 Å². The van der Waals surface area contributed by atoms with E-state index in [1.807, 2.05) is 42.9 Å². The number of aromatic nitrogens is 2. The van der Waals surface area contributed by atoms with Gasteiger partial charge in [-0.15, -0.1) is 0 Å². The van der Waals surface area contributed by atoms with Gasteiger partial charge in [-0.05, 0) is 37.0 Å². The first-order valence-corrected chi connectivity index (χ1v) is 6.55. The van der Waals surface area contributed by atoms with Crippen LogP contribution >= 0.6 is 0 Å². The molecule has 0 aliphatic rings. The van der Waals surface area contributed by atoms with Gasteiger partial charge in [-0.3, -0.25) is 9.48 Å². The average molecular weight is 259 g/mol. The molecule has 102 valence electrons. The van der Waals surface area contributed by atoms with Gasteiger partial charge in [0.25, 0.3) is 5.56 Å². The first-order chi connectivity index (χ1) is 8.91. The Kier molecular flexibility index (Phi) is 3.51. The summed E-state index contributed by atoms with van der Waals surface area (Å²) in [5.41, 5.74) is 9.08. The summed E-state index contributed by atoms with van der Waals surface area (Å²) in [4.78, 5) is 12.3. The van der Waals surface area contributed by atoms with Gasteiger partial charge in [0, 0.05) is 7.05 Å². The highest BCUT2D eigenvalue weighted by Crippen LogP contribution is 2.16. The Hall–Kier alpha value is -1.97. The number of hydrogen-bond donors (Lipinski definition) is 1. The minimum absolute atomic E-state index is 0.135. The van der Waals surface area contributed by atoms with Gasteiger partial charge < -0.3 is 5.73 Å². The van der Waals surface area contributed by atoms with E-state index in [4.69, 9.17) is 5.73 Å². The Bertz CT molecular complexity index is 650. The van der Waals surface area contributed by atoms with E-state index >= 15 is 0 Å². The van der Waals surface area contributed by atoms with Crippen molar-refractivity contribution in [3.63, 3.8) is 0 Å². The first kappa shape index (κ1) is 13.5. The number of aryl methyl sites for hydroxylation is 1. The number of anilines is 1. The van der Waals surface area contributed by atoms with Crippen molar-refractivity contribution >= 4 is 5.69 Å². The molecule has 2 aromatic rings. The van der Waals surface area contributed by atoms with Crippen molar-refractivity contribution in [3.05, 3.63) is 45.9 Å². The summed E-state index contributed by atoms with van der Waals surface area (Å²) in [6.45, 7) is 6.25. The van der Waals surface area contributed by atoms with Crippen molar-refractivity contribution in [2.24, 2.45) is 13.0 Å². The fraction of sp³-hybridized carbons (Fsp3) is 0.400. The highest BCUT2D eigenvalue weighted by molar-refractivity contribution is 5.46. The van der Waals surface area contributed by atoms with E-state index in [-0.39, 0.29) is 5.56 Å². The molecule has 0 atom stereocenters. The second-order valence-corrected chi connectivity index (χ2v) is 5.44. The maximum Gasteiger partial charge on any atom is 0.294 e. The number of rotatable bonds is 3. The molecule has 2 N–H and O–H groups in total. The van der Waals surface area contributed by atoms with Crippen molar-refractivity contribution in [1.82, 2.24) is 9.36 Å². The third kappa shape index (κ3) is 2.43. The van der Waals surface area contributed by atoms with Crippen molar-refractivity contribution in [2.45, 2.75) is 27.2 Å². The zero-order valence-electron chi connectivity index (χ0n) is 12.0. The van der Waals surface area contributed by atoms with Crippen molar-refractivity contribution in [3.8, 4) is 5.69 Å². The van der Waals surface area contributed by atoms with Crippen LogP contribution in [0.4, 0.5) is 5.69 Å². The Labute approximate surface area is 113 Å². The molecule has 1 heterocycles. The molecule has 0 unspecified atom stereocenters. The summed E-state index contributed by atoms with van der Waals surface area (Å²) in [6, 6.07) is 7.87. The van der Waals surface area contributed by atoms with Gasteiger partial charge in [0.05, 0.1) is 11.4 Å². The van der Waals surface area contributed by atoms with E-state index in [0.717, 1.165) is 23.4 Å². The van der Waals surface area contributed by atoms with E-state index in [2.05, 4.69) is 13.8 Å². The zero-order valence-corrected chi connectivity index (χ0v) is 12.0. The quantitative estimate of drug-likeness (QED) is 0.919. The van der Waals surface area contributed by atoms with Crippen LogP contribution in [-0.4, -0.2) is 9.36 Å². The molecule has 1 aromatic heterocycles. The smallest absolute Gasteiger partial charge is 0.294 e. The summed E-state index contributed by atoms with van der Waals surface area (Å²) in [7, 11) is 1.89. The Morgan fingerprint density at radius 3 is 2.58 bits per heavy atom. The highest BCUT2D eigenvalue weighted by atomic mass is 16.1. The van der Waals surface area contributed by atoms with Gasteiger partial charge >= 0.3 is 0 Å². The van der Waals surface area contributed by atoms with E-state index in [1.165, 1.54) is 0 Å². The molecule has 0 radical (unpaired) electrons. The summed E-state index contributed by atoms with van der Waals surface area (Å²) in [6.07, 6.45) is 0.802. The molecule has 0 saturated heterocycles. The highest BCUT2D eigenvalue weighted by Gasteiger charge is 2.17. The van der Waals surface area contributed by atoms with Crippen LogP contribution in [0.1, 0.15) is 25.1 Å². The van der Waals surface area contributed by atoms with Crippen molar-refractivity contribution in [1.29, 1.82) is 0 Å². The molecule has 0 bridgehead atoms. The molecule has 4 nitrogen and oxygen atoms in total. The topological polar surface area (TPSA) is 52.9 Å². The lowest BCUT2D eigenvalue weighted by molar-refractivity contribution is 0.563. The van der Waals surface area contributed by atoms with Crippen LogP contribution < -0.4 is 11.3 Å². The predicted molar refractivity (Wildman–Crippen MR) is 78.7 cm³/mol. The molecular weight excluding hydrogens is 238 g/mol. The minimum Gasteiger partial charge on any atom is -0.393 e.